The van der Waals surface area contributed by atoms with E-state index in [1.54, 1.807) is 35.2 Å². The standard InChI is InChI=1S/C18H18N4O4S/c1-26-16-9-8-12(11-19-16)20-18(23)14-6-4-10-22(14)17-13-5-2-3-7-15(13)27(24,25)21-17/h2-3,5,7-9,11,14H,4,6,10H2,1H3,(H,20,23)/t14-/m0/s1. The van der Waals surface area contributed by atoms with Gasteiger partial charge in [0.05, 0.1) is 19.0 Å². The number of carbonyl (C=O) groups excluding carboxylic acids is 1. The van der Waals surface area contributed by atoms with Gasteiger partial charge in [0.15, 0.2) is 5.84 Å². The van der Waals surface area contributed by atoms with Crippen LogP contribution in [0.15, 0.2) is 51.9 Å². The molecule has 2 aliphatic rings. The van der Waals surface area contributed by atoms with Gasteiger partial charge in [0.1, 0.15) is 10.9 Å². The molecule has 1 aromatic heterocycles. The minimum Gasteiger partial charge on any atom is -0.481 e. The molecular weight excluding hydrogens is 368 g/mol. The van der Waals surface area contributed by atoms with E-state index in [2.05, 4.69) is 14.7 Å². The van der Waals surface area contributed by atoms with E-state index < -0.39 is 16.1 Å². The molecule has 3 heterocycles. The molecule has 0 aliphatic carbocycles. The molecule has 1 fully saturated rings. The van der Waals surface area contributed by atoms with E-state index in [1.807, 2.05) is 0 Å². The van der Waals surface area contributed by atoms with Gasteiger partial charge >= 0.3 is 0 Å². The molecule has 8 nitrogen and oxygen atoms in total. The normalized spacial score (nSPS) is 20.1. The van der Waals surface area contributed by atoms with Crippen molar-refractivity contribution in [3.63, 3.8) is 0 Å². The average molecular weight is 386 g/mol. The van der Waals surface area contributed by atoms with Gasteiger partial charge in [-0.25, -0.2) is 4.98 Å². The third kappa shape index (κ3) is 3.14. The van der Waals surface area contributed by atoms with E-state index >= 15 is 0 Å². The summed E-state index contributed by atoms with van der Waals surface area (Å²) in [6.45, 7) is 0.571. The Morgan fingerprint density at radius 2 is 2.07 bits per heavy atom. The Labute approximate surface area is 156 Å². The van der Waals surface area contributed by atoms with Crippen LogP contribution in [0.5, 0.6) is 5.88 Å². The molecular formula is C18H18N4O4S. The quantitative estimate of drug-likeness (QED) is 0.861. The van der Waals surface area contributed by atoms with Crippen LogP contribution in [-0.4, -0.2) is 49.7 Å². The van der Waals surface area contributed by atoms with Crippen LogP contribution in [0.1, 0.15) is 18.4 Å². The van der Waals surface area contributed by atoms with Crippen molar-refractivity contribution in [2.24, 2.45) is 4.40 Å². The Hall–Kier alpha value is -2.94. The number of nitrogens with zero attached hydrogens (tertiary/aromatic N) is 3. The summed E-state index contributed by atoms with van der Waals surface area (Å²) in [5.74, 6) is 0.581. The number of hydrogen-bond acceptors (Lipinski definition) is 6. The second-order valence-electron chi connectivity index (χ2n) is 6.32. The summed E-state index contributed by atoms with van der Waals surface area (Å²) in [5.41, 5.74) is 1.09. The molecule has 140 valence electrons. The van der Waals surface area contributed by atoms with Crippen LogP contribution in [0.3, 0.4) is 0 Å². The number of carbonyl (C=O) groups is 1. The number of rotatable bonds is 3. The van der Waals surface area contributed by atoms with Crippen molar-refractivity contribution in [3.05, 3.63) is 48.2 Å². The molecule has 4 rings (SSSR count). The summed E-state index contributed by atoms with van der Waals surface area (Å²) >= 11 is 0. The van der Waals surface area contributed by atoms with Gasteiger partial charge in [-0.05, 0) is 31.0 Å². The van der Waals surface area contributed by atoms with Gasteiger partial charge in [-0.3, -0.25) is 4.79 Å². The fourth-order valence-electron chi connectivity index (χ4n) is 3.39. The van der Waals surface area contributed by atoms with Gasteiger partial charge in [0, 0.05) is 18.2 Å². The highest BCUT2D eigenvalue weighted by molar-refractivity contribution is 7.90. The van der Waals surface area contributed by atoms with Crippen LogP contribution >= 0.6 is 0 Å². The predicted molar refractivity (Wildman–Crippen MR) is 99.3 cm³/mol. The first kappa shape index (κ1) is 17.5. The van der Waals surface area contributed by atoms with E-state index in [9.17, 15) is 13.2 Å². The Kier molecular flexibility index (Phi) is 4.31. The van der Waals surface area contributed by atoms with Crippen LogP contribution in [0.25, 0.3) is 0 Å². The number of sulfonamides is 1. The minimum absolute atomic E-state index is 0.186. The molecule has 2 aromatic rings. The Balaban J connectivity index is 1.58. The molecule has 0 unspecified atom stereocenters. The number of ether oxygens (including phenoxy) is 1. The van der Waals surface area contributed by atoms with E-state index in [1.165, 1.54) is 19.4 Å². The summed E-state index contributed by atoms with van der Waals surface area (Å²) in [6.07, 6.45) is 2.92. The van der Waals surface area contributed by atoms with E-state index in [4.69, 9.17) is 4.74 Å². The zero-order valence-corrected chi connectivity index (χ0v) is 15.4. The lowest BCUT2D eigenvalue weighted by Crippen LogP contribution is -2.43. The Bertz CT molecular complexity index is 1020. The lowest BCUT2D eigenvalue weighted by molar-refractivity contribution is -0.119. The van der Waals surface area contributed by atoms with Gasteiger partial charge in [0.2, 0.25) is 11.8 Å². The number of fused-ring (bicyclic) bond motifs is 1. The van der Waals surface area contributed by atoms with E-state index in [-0.39, 0.29) is 10.8 Å². The molecule has 0 radical (unpaired) electrons. The van der Waals surface area contributed by atoms with Crippen molar-refractivity contribution in [2.75, 3.05) is 19.0 Å². The van der Waals surface area contributed by atoms with Crippen LogP contribution in [0, 0.1) is 0 Å². The summed E-state index contributed by atoms with van der Waals surface area (Å²) in [4.78, 5) is 18.8. The van der Waals surface area contributed by atoms with Gasteiger partial charge in [0.25, 0.3) is 10.0 Å². The maximum absolute atomic E-state index is 12.8. The lowest BCUT2D eigenvalue weighted by Gasteiger charge is -2.25. The predicted octanol–water partition coefficient (Wildman–Crippen LogP) is 1.64. The monoisotopic (exact) mass is 386 g/mol. The number of amidine groups is 1. The van der Waals surface area contributed by atoms with Crippen LogP contribution in [-0.2, 0) is 14.8 Å². The highest BCUT2D eigenvalue weighted by atomic mass is 32.2. The zero-order chi connectivity index (χ0) is 19.0. The van der Waals surface area contributed by atoms with Gasteiger partial charge in [-0.2, -0.15) is 8.42 Å². The van der Waals surface area contributed by atoms with Crippen LogP contribution in [0.2, 0.25) is 0 Å². The SMILES string of the molecule is COc1ccc(NC(=O)[C@@H]2CCCN2C2=NS(=O)(=O)c3ccccc32)cn1. The van der Waals surface area contributed by atoms with Crippen molar-refractivity contribution in [1.82, 2.24) is 9.88 Å². The van der Waals surface area contributed by atoms with Crippen molar-refractivity contribution >= 4 is 27.5 Å². The third-order valence-corrected chi connectivity index (χ3v) is 5.98. The molecule has 0 saturated carbocycles. The fraction of sp³-hybridized carbons (Fsp3) is 0.278. The molecule has 2 aliphatic heterocycles. The maximum Gasteiger partial charge on any atom is 0.285 e. The van der Waals surface area contributed by atoms with Crippen molar-refractivity contribution in [3.8, 4) is 5.88 Å². The van der Waals surface area contributed by atoms with Crippen molar-refractivity contribution in [1.29, 1.82) is 0 Å². The first-order valence-electron chi connectivity index (χ1n) is 8.51. The molecule has 0 bridgehead atoms. The Morgan fingerprint density at radius 1 is 1.26 bits per heavy atom. The molecule has 1 saturated heterocycles. The van der Waals surface area contributed by atoms with E-state index in [0.717, 1.165) is 6.42 Å². The molecule has 1 N–H and O–H groups in total. The first-order chi connectivity index (χ1) is 13.0. The average Bonchev–Trinajstić information content (AvgIpc) is 3.25. The Morgan fingerprint density at radius 3 is 2.81 bits per heavy atom. The molecule has 1 amide bonds. The van der Waals surface area contributed by atoms with Gasteiger partial charge in [-0.15, -0.1) is 4.40 Å². The van der Waals surface area contributed by atoms with E-state index in [0.29, 0.717) is 35.9 Å². The van der Waals surface area contributed by atoms with Gasteiger partial charge < -0.3 is 15.0 Å². The van der Waals surface area contributed by atoms with Gasteiger partial charge in [-0.1, -0.05) is 12.1 Å². The highest BCUT2D eigenvalue weighted by Crippen LogP contribution is 2.31. The summed E-state index contributed by atoms with van der Waals surface area (Å²) in [5, 5.41) is 2.83. The molecule has 1 atom stereocenters. The topological polar surface area (TPSA) is 101 Å². The number of aromatic nitrogens is 1. The number of amides is 1. The highest BCUT2D eigenvalue weighted by Gasteiger charge is 2.39. The van der Waals surface area contributed by atoms with Crippen LogP contribution in [0.4, 0.5) is 5.69 Å². The second-order valence-corrected chi connectivity index (χ2v) is 7.89. The third-order valence-electron chi connectivity index (χ3n) is 4.65. The fourth-order valence-corrected chi connectivity index (χ4v) is 4.61. The smallest absolute Gasteiger partial charge is 0.285 e. The largest absolute Gasteiger partial charge is 0.481 e. The first-order valence-corrected chi connectivity index (χ1v) is 9.95. The number of hydrogen-bond donors (Lipinski definition) is 1. The minimum atomic E-state index is -3.72. The number of methoxy groups -OCH3 is 1. The number of pyridine rings is 1. The van der Waals surface area contributed by atoms with Crippen LogP contribution < -0.4 is 10.1 Å². The second kappa shape index (κ2) is 6.66. The lowest BCUT2D eigenvalue weighted by atomic mass is 10.1. The molecule has 1 aromatic carbocycles. The summed E-state index contributed by atoms with van der Waals surface area (Å²) in [6, 6.07) is 9.56. The molecule has 0 spiro atoms. The molecule has 9 heteroatoms. The number of likely N-dealkylation sites (tertiary alicyclic amines) is 1. The number of benzene rings is 1. The van der Waals surface area contributed by atoms with Crippen molar-refractivity contribution in [2.45, 2.75) is 23.8 Å². The number of anilines is 1. The summed E-state index contributed by atoms with van der Waals surface area (Å²) < 4.78 is 33.6. The zero-order valence-electron chi connectivity index (χ0n) is 14.6. The maximum atomic E-state index is 12.8. The molecule has 27 heavy (non-hydrogen) atoms. The van der Waals surface area contributed by atoms with Crippen molar-refractivity contribution < 1.29 is 17.9 Å². The number of nitrogens with one attached hydrogen (secondary N) is 1. The summed E-state index contributed by atoms with van der Waals surface area (Å²) in [7, 11) is -2.20.